The van der Waals surface area contributed by atoms with Gasteiger partial charge in [-0.3, -0.25) is 0 Å². The summed E-state index contributed by atoms with van der Waals surface area (Å²) in [4.78, 5) is 2.42. The summed E-state index contributed by atoms with van der Waals surface area (Å²) in [5, 5.41) is 4.82. The molecule has 2 nitrogen and oxygen atoms in total. The number of fused-ring (bicyclic) bond motifs is 4. The number of nitrogens with zero attached hydrogens (tertiary/aromatic N) is 1. The van der Waals surface area contributed by atoms with E-state index >= 15 is 0 Å². The van der Waals surface area contributed by atoms with Crippen LogP contribution in [0.3, 0.4) is 0 Å². The predicted octanol–water partition coefficient (Wildman–Crippen LogP) is 14.5. The zero-order valence-electron chi connectivity index (χ0n) is 29.8. The van der Waals surface area contributed by atoms with Gasteiger partial charge in [-0.05, 0) is 75.4 Å². The fourth-order valence-corrected chi connectivity index (χ4v) is 8.11. The summed E-state index contributed by atoms with van der Waals surface area (Å²) in [7, 11) is 0. The Morgan fingerprint density at radius 3 is 1.78 bits per heavy atom. The lowest BCUT2D eigenvalue weighted by atomic mass is 9.88. The smallest absolute Gasteiger partial charge is 0.143 e. The average Bonchev–Trinajstić information content (AvgIpc) is 3.64. The van der Waals surface area contributed by atoms with Crippen LogP contribution in [0.1, 0.15) is 17.9 Å². The summed E-state index contributed by atoms with van der Waals surface area (Å²) < 4.78 is 6.72. The monoisotopic (exact) mass is 691 g/mol. The Morgan fingerprint density at radius 2 is 1.04 bits per heavy atom. The molecule has 0 saturated heterocycles. The molecule has 0 bridgehead atoms. The molecule has 0 saturated carbocycles. The molecular formula is C52H37NO. The number of hydrogen-bond acceptors (Lipinski definition) is 2. The van der Waals surface area contributed by atoms with Gasteiger partial charge in [-0.25, -0.2) is 0 Å². The molecule has 54 heavy (non-hydrogen) atoms. The van der Waals surface area contributed by atoms with Gasteiger partial charge in [0.2, 0.25) is 0 Å². The van der Waals surface area contributed by atoms with E-state index in [1.165, 1.54) is 33.2 Å². The lowest BCUT2D eigenvalue weighted by Gasteiger charge is -2.31. The minimum absolute atomic E-state index is 0.290. The molecule has 1 aromatic heterocycles. The molecular weight excluding hydrogens is 655 g/mol. The maximum absolute atomic E-state index is 6.72. The minimum Gasteiger partial charge on any atom is -0.455 e. The summed E-state index contributed by atoms with van der Waals surface area (Å²) in [6, 6.07) is 67.4. The minimum atomic E-state index is 0.290. The second kappa shape index (κ2) is 13.6. The van der Waals surface area contributed by atoms with E-state index in [0.29, 0.717) is 0 Å². The van der Waals surface area contributed by atoms with E-state index in [9.17, 15) is 0 Å². The van der Waals surface area contributed by atoms with Gasteiger partial charge < -0.3 is 9.32 Å². The molecule has 2 heteroatoms. The van der Waals surface area contributed by atoms with Crippen molar-refractivity contribution in [2.75, 3.05) is 4.90 Å². The molecule has 9 aromatic rings. The van der Waals surface area contributed by atoms with Crippen molar-refractivity contribution in [3.63, 3.8) is 0 Å². The van der Waals surface area contributed by atoms with Gasteiger partial charge in [0.1, 0.15) is 11.2 Å². The Balaban J connectivity index is 0.980. The van der Waals surface area contributed by atoms with Crippen LogP contribution in [0.5, 0.6) is 0 Å². The van der Waals surface area contributed by atoms with Gasteiger partial charge in [0.25, 0.3) is 0 Å². The van der Waals surface area contributed by atoms with E-state index in [1.807, 2.05) is 6.07 Å². The highest BCUT2D eigenvalue weighted by Crippen LogP contribution is 2.42. The van der Waals surface area contributed by atoms with Crippen LogP contribution < -0.4 is 4.90 Å². The molecule has 1 aliphatic rings. The first-order chi connectivity index (χ1) is 26.8. The second-order valence-electron chi connectivity index (χ2n) is 14.1. The van der Waals surface area contributed by atoms with Crippen molar-refractivity contribution >= 4 is 44.1 Å². The largest absolute Gasteiger partial charge is 0.455 e. The Kier molecular flexibility index (Phi) is 8.00. The molecule has 10 rings (SSSR count). The van der Waals surface area contributed by atoms with E-state index in [2.05, 4.69) is 205 Å². The molecule has 0 radical (unpaired) electrons. The van der Waals surface area contributed by atoms with Gasteiger partial charge in [0, 0.05) is 44.9 Å². The molecule has 1 heterocycles. The Labute approximate surface area is 315 Å². The zero-order chi connectivity index (χ0) is 35.8. The quantitative estimate of drug-likeness (QED) is 0.165. The summed E-state index contributed by atoms with van der Waals surface area (Å²) in [5.74, 6) is 0.290. The molecule has 0 fully saturated rings. The van der Waals surface area contributed by atoms with Crippen LogP contribution in [0.2, 0.25) is 0 Å². The summed E-state index contributed by atoms with van der Waals surface area (Å²) >= 11 is 0. The van der Waals surface area contributed by atoms with Crippen LogP contribution in [0.25, 0.3) is 66.1 Å². The molecule has 256 valence electrons. The highest BCUT2D eigenvalue weighted by molar-refractivity contribution is 6.13. The van der Waals surface area contributed by atoms with Gasteiger partial charge in [0.05, 0.1) is 0 Å². The number of benzene rings is 8. The lowest BCUT2D eigenvalue weighted by Crippen LogP contribution is -2.19. The van der Waals surface area contributed by atoms with Crippen LogP contribution in [-0.2, 0) is 0 Å². The van der Waals surface area contributed by atoms with Gasteiger partial charge in [-0.2, -0.15) is 0 Å². The third-order valence-corrected chi connectivity index (χ3v) is 10.8. The topological polar surface area (TPSA) is 16.4 Å². The van der Waals surface area contributed by atoms with Crippen LogP contribution in [0.4, 0.5) is 11.4 Å². The van der Waals surface area contributed by atoms with Gasteiger partial charge in [0.15, 0.2) is 0 Å². The molecule has 1 aliphatic carbocycles. The predicted molar refractivity (Wildman–Crippen MR) is 227 cm³/mol. The van der Waals surface area contributed by atoms with Crippen molar-refractivity contribution in [2.24, 2.45) is 0 Å². The molecule has 0 aliphatic heterocycles. The zero-order valence-corrected chi connectivity index (χ0v) is 29.8. The molecule has 1 unspecified atom stereocenters. The Morgan fingerprint density at radius 1 is 0.444 bits per heavy atom. The third-order valence-electron chi connectivity index (χ3n) is 10.8. The Bertz CT molecular complexity index is 2840. The standard InChI is InChI=1S/C52H37NO/c1-3-14-38(15-4-1)47-23-11-25-49-50-26-12-24-48(52(50)54-51(47)49)39-30-27-37(28-31-39)41-17-9-21-45(34-41)53(44-19-5-2-6-20-44)46-22-10-18-42(35-46)43-32-29-36-13-7-8-16-40(36)33-43/h1-34,42H,35H2. The maximum Gasteiger partial charge on any atom is 0.143 e. The van der Waals surface area contributed by atoms with Crippen LogP contribution in [0, 0.1) is 0 Å². The number of allylic oxidation sites excluding steroid dienone is 4. The van der Waals surface area contributed by atoms with E-state index in [-0.39, 0.29) is 5.92 Å². The van der Waals surface area contributed by atoms with Crippen molar-refractivity contribution in [1.29, 1.82) is 0 Å². The number of para-hydroxylation sites is 3. The molecule has 8 aromatic carbocycles. The number of furan rings is 1. The SMILES string of the molecule is C1=CC(c2ccc3ccccc3c2)CC(N(c2ccccc2)c2cccc(-c3ccc(-c4cccc5c4oc4c(-c6ccccc6)cccc45)cc3)c2)=C1. The maximum atomic E-state index is 6.72. The van der Waals surface area contributed by atoms with Crippen LogP contribution >= 0.6 is 0 Å². The van der Waals surface area contributed by atoms with Crippen molar-refractivity contribution in [2.45, 2.75) is 12.3 Å². The average molecular weight is 692 g/mol. The third kappa shape index (κ3) is 5.79. The summed E-state index contributed by atoms with van der Waals surface area (Å²) in [6.07, 6.45) is 7.74. The van der Waals surface area contributed by atoms with Gasteiger partial charge in [-0.15, -0.1) is 0 Å². The van der Waals surface area contributed by atoms with Crippen molar-refractivity contribution in [1.82, 2.24) is 0 Å². The number of hydrogen-bond donors (Lipinski definition) is 0. The fourth-order valence-electron chi connectivity index (χ4n) is 8.11. The van der Waals surface area contributed by atoms with E-state index in [0.717, 1.165) is 62.0 Å². The first-order valence-corrected chi connectivity index (χ1v) is 18.7. The van der Waals surface area contributed by atoms with Gasteiger partial charge >= 0.3 is 0 Å². The summed E-state index contributed by atoms with van der Waals surface area (Å²) in [5.41, 5.74) is 13.6. The highest BCUT2D eigenvalue weighted by Gasteiger charge is 2.22. The molecule has 0 N–H and O–H groups in total. The van der Waals surface area contributed by atoms with Crippen LogP contribution in [-0.4, -0.2) is 0 Å². The molecule has 1 atom stereocenters. The van der Waals surface area contributed by atoms with Crippen LogP contribution in [0.15, 0.2) is 216 Å². The normalized spacial score (nSPS) is 14.1. The molecule has 0 amide bonds. The van der Waals surface area contributed by atoms with Crippen molar-refractivity contribution < 1.29 is 4.42 Å². The van der Waals surface area contributed by atoms with E-state index in [4.69, 9.17) is 4.42 Å². The summed E-state index contributed by atoms with van der Waals surface area (Å²) in [6.45, 7) is 0. The number of anilines is 2. The first kappa shape index (κ1) is 31.8. The van der Waals surface area contributed by atoms with E-state index < -0.39 is 0 Å². The van der Waals surface area contributed by atoms with Crippen molar-refractivity contribution in [3.8, 4) is 33.4 Å². The van der Waals surface area contributed by atoms with E-state index in [1.54, 1.807) is 0 Å². The number of rotatable bonds is 7. The molecule has 0 spiro atoms. The second-order valence-corrected chi connectivity index (χ2v) is 14.1. The Hall–Kier alpha value is -6.90. The fraction of sp³-hybridized carbons (Fsp3) is 0.0385. The van der Waals surface area contributed by atoms with Gasteiger partial charge in [-0.1, -0.05) is 176 Å². The lowest BCUT2D eigenvalue weighted by molar-refractivity contribution is 0.671. The highest BCUT2D eigenvalue weighted by atomic mass is 16.3. The van der Waals surface area contributed by atoms with Crippen molar-refractivity contribution in [3.05, 3.63) is 218 Å². The first-order valence-electron chi connectivity index (χ1n) is 18.7.